The molecule has 154 valence electrons. The Morgan fingerprint density at radius 2 is 1.83 bits per heavy atom. The van der Waals surface area contributed by atoms with Crippen molar-refractivity contribution in [3.63, 3.8) is 0 Å². The van der Waals surface area contributed by atoms with Crippen molar-refractivity contribution in [1.82, 2.24) is 4.90 Å². The lowest BCUT2D eigenvalue weighted by molar-refractivity contribution is -0.384. The summed E-state index contributed by atoms with van der Waals surface area (Å²) in [5, 5.41) is 13.3. The number of nitrogens with zero attached hydrogens (tertiary/aromatic N) is 3. The van der Waals surface area contributed by atoms with Gasteiger partial charge in [0.15, 0.2) is 0 Å². The molecule has 1 amide bonds. The number of carbonyl (C=O) groups excluding carboxylic acids is 1. The van der Waals surface area contributed by atoms with Crippen LogP contribution in [0.2, 0.25) is 0 Å². The molecular formula is C22H21N3O4S. The Labute approximate surface area is 178 Å². The Morgan fingerprint density at radius 3 is 2.57 bits per heavy atom. The van der Waals surface area contributed by atoms with Crippen molar-refractivity contribution in [2.75, 3.05) is 31.1 Å². The van der Waals surface area contributed by atoms with Crippen molar-refractivity contribution in [1.29, 1.82) is 0 Å². The molecule has 1 aliphatic heterocycles. The van der Waals surface area contributed by atoms with Crippen LogP contribution in [-0.2, 0) is 6.61 Å². The smallest absolute Gasteiger partial charge is 0.292 e. The third-order valence-electron chi connectivity index (χ3n) is 5.03. The molecule has 8 heteroatoms. The number of nitro groups is 1. The molecule has 1 aromatic heterocycles. The molecule has 3 aromatic rings. The lowest BCUT2D eigenvalue weighted by Crippen LogP contribution is -2.48. The molecule has 0 saturated carbocycles. The zero-order valence-electron chi connectivity index (χ0n) is 16.3. The number of thiophene rings is 1. The fraction of sp³-hybridized carbons (Fsp3) is 0.227. The molecule has 1 saturated heterocycles. The molecule has 1 aliphatic rings. The van der Waals surface area contributed by atoms with Crippen LogP contribution in [0.4, 0.5) is 11.4 Å². The van der Waals surface area contributed by atoms with E-state index in [-0.39, 0.29) is 16.5 Å². The molecule has 0 atom stereocenters. The van der Waals surface area contributed by atoms with E-state index in [0.717, 1.165) is 4.88 Å². The van der Waals surface area contributed by atoms with Gasteiger partial charge in [0.25, 0.3) is 11.6 Å². The monoisotopic (exact) mass is 423 g/mol. The number of piperazine rings is 1. The predicted molar refractivity (Wildman–Crippen MR) is 116 cm³/mol. The van der Waals surface area contributed by atoms with Gasteiger partial charge in [-0.3, -0.25) is 14.9 Å². The summed E-state index contributed by atoms with van der Waals surface area (Å²) >= 11 is 1.63. The van der Waals surface area contributed by atoms with E-state index >= 15 is 0 Å². The fourth-order valence-corrected chi connectivity index (χ4v) is 4.10. The van der Waals surface area contributed by atoms with E-state index in [9.17, 15) is 14.9 Å². The second-order valence-electron chi connectivity index (χ2n) is 6.92. The molecule has 4 rings (SSSR count). The van der Waals surface area contributed by atoms with E-state index in [1.807, 2.05) is 34.5 Å². The van der Waals surface area contributed by atoms with Gasteiger partial charge in [0, 0.05) is 42.7 Å². The predicted octanol–water partition coefficient (Wildman–Crippen LogP) is 4.20. The van der Waals surface area contributed by atoms with Crippen LogP contribution in [0.25, 0.3) is 0 Å². The summed E-state index contributed by atoms with van der Waals surface area (Å²) in [5.41, 5.74) is 1.27. The highest BCUT2D eigenvalue weighted by Crippen LogP contribution is 2.28. The number of carbonyl (C=O) groups is 1. The third-order valence-corrected chi connectivity index (χ3v) is 5.88. The summed E-state index contributed by atoms with van der Waals surface area (Å²) in [6.45, 7) is 2.58. The van der Waals surface area contributed by atoms with Crippen LogP contribution < -0.4 is 9.64 Å². The number of para-hydroxylation sites is 2. The largest absolute Gasteiger partial charge is 0.488 e. The number of amides is 1. The first-order valence-electron chi connectivity index (χ1n) is 9.65. The highest BCUT2D eigenvalue weighted by Gasteiger charge is 2.26. The van der Waals surface area contributed by atoms with Crippen molar-refractivity contribution >= 4 is 28.6 Å². The minimum absolute atomic E-state index is 0.0567. The van der Waals surface area contributed by atoms with Gasteiger partial charge in [-0.15, -0.1) is 11.3 Å². The van der Waals surface area contributed by atoms with E-state index in [0.29, 0.717) is 49.8 Å². The topological polar surface area (TPSA) is 75.9 Å². The average Bonchev–Trinajstić information content (AvgIpc) is 3.31. The van der Waals surface area contributed by atoms with Crippen molar-refractivity contribution in [3.8, 4) is 5.75 Å². The molecule has 2 aromatic carbocycles. The van der Waals surface area contributed by atoms with Gasteiger partial charge in [-0.2, -0.15) is 0 Å². The number of hydrogen-bond donors (Lipinski definition) is 0. The highest BCUT2D eigenvalue weighted by atomic mass is 32.1. The Hall–Kier alpha value is -3.39. The van der Waals surface area contributed by atoms with Gasteiger partial charge in [0.1, 0.15) is 18.0 Å². The Morgan fingerprint density at radius 1 is 1.03 bits per heavy atom. The van der Waals surface area contributed by atoms with E-state index in [1.54, 1.807) is 46.6 Å². The summed E-state index contributed by atoms with van der Waals surface area (Å²) in [6.07, 6.45) is 0. The molecule has 30 heavy (non-hydrogen) atoms. The van der Waals surface area contributed by atoms with Crippen LogP contribution >= 0.6 is 11.3 Å². The fourth-order valence-electron chi connectivity index (χ4n) is 3.49. The maximum absolute atomic E-state index is 12.9. The molecule has 0 N–H and O–H groups in total. The molecule has 2 heterocycles. The van der Waals surface area contributed by atoms with Crippen LogP contribution in [0.3, 0.4) is 0 Å². The lowest BCUT2D eigenvalue weighted by Gasteiger charge is -2.35. The zero-order valence-corrected chi connectivity index (χ0v) is 17.1. The van der Waals surface area contributed by atoms with Crippen molar-refractivity contribution in [2.24, 2.45) is 0 Å². The van der Waals surface area contributed by atoms with E-state index in [2.05, 4.69) is 0 Å². The van der Waals surface area contributed by atoms with Crippen molar-refractivity contribution in [2.45, 2.75) is 6.61 Å². The maximum atomic E-state index is 12.9. The Kier molecular flexibility index (Phi) is 5.94. The van der Waals surface area contributed by atoms with Gasteiger partial charge in [-0.25, -0.2) is 0 Å². The second-order valence-corrected chi connectivity index (χ2v) is 7.95. The first-order chi connectivity index (χ1) is 14.6. The zero-order chi connectivity index (χ0) is 20.9. The molecule has 0 aliphatic carbocycles. The lowest BCUT2D eigenvalue weighted by atomic mass is 10.1. The van der Waals surface area contributed by atoms with Gasteiger partial charge >= 0.3 is 0 Å². The first-order valence-corrected chi connectivity index (χ1v) is 10.5. The average molecular weight is 423 g/mol. The van der Waals surface area contributed by atoms with E-state index in [1.165, 1.54) is 6.07 Å². The first kappa shape index (κ1) is 19.9. The molecule has 0 spiro atoms. The highest BCUT2D eigenvalue weighted by molar-refractivity contribution is 7.09. The minimum Gasteiger partial charge on any atom is -0.488 e. The number of anilines is 1. The summed E-state index contributed by atoms with van der Waals surface area (Å²) < 4.78 is 5.81. The summed E-state index contributed by atoms with van der Waals surface area (Å²) in [6, 6.07) is 17.9. The summed E-state index contributed by atoms with van der Waals surface area (Å²) in [4.78, 5) is 28.7. The molecular weight excluding hydrogens is 402 g/mol. The number of rotatable bonds is 6. The molecule has 0 radical (unpaired) electrons. The number of nitro benzene ring substituents is 1. The SMILES string of the molecule is O=C(c1cccc(OCc2cccs2)c1)N1CCN(c2ccccc2[N+](=O)[O-])CC1. The van der Waals surface area contributed by atoms with Crippen molar-refractivity contribution < 1.29 is 14.5 Å². The summed E-state index contributed by atoms with van der Waals surface area (Å²) in [5.74, 6) is 0.603. The normalized spacial score (nSPS) is 13.9. The molecule has 0 bridgehead atoms. The second kappa shape index (κ2) is 8.96. The van der Waals surface area contributed by atoms with Crippen LogP contribution in [0.1, 0.15) is 15.2 Å². The van der Waals surface area contributed by atoms with Crippen LogP contribution in [0.5, 0.6) is 5.75 Å². The van der Waals surface area contributed by atoms with Gasteiger partial charge in [0.2, 0.25) is 0 Å². The quantitative estimate of drug-likeness (QED) is 0.439. The van der Waals surface area contributed by atoms with Gasteiger partial charge in [-0.05, 0) is 35.7 Å². The molecule has 1 fully saturated rings. The van der Waals surface area contributed by atoms with Crippen LogP contribution in [0.15, 0.2) is 66.0 Å². The Balaban J connectivity index is 1.39. The van der Waals surface area contributed by atoms with Gasteiger partial charge < -0.3 is 14.5 Å². The van der Waals surface area contributed by atoms with Gasteiger partial charge in [0.05, 0.1) is 4.92 Å². The maximum Gasteiger partial charge on any atom is 0.292 e. The standard InChI is InChI=1S/C22H21N3O4S/c26-22(17-5-3-6-18(15-17)29-16-19-7-4-14-30-19)24-12-10-23(11-13-24)20-8-1-2-9-21(20)25(27)28/h1-9,14-15H,10-13,16H2. The number of benzene rings is 2. The number of ether oxygens (including phenoxy) is 1. The molecule has 0 unspecified atom stereocenters. The van der Waals surface area contributed by atoms with Gasteiger partial charge in [-0.1, -0.05) is 24.3 Å². The van der Waals surface area contributed by atoms with Crippen LogP contribution in [-0.4, -0.2) is 41.9 Å². The minimum atomic E-state index is -0.367. The molecule has 7 nitrogen and oxygen atoms in total. The third kappa shape index (κ3) is 4.44. The van der Waals surface area contributed by atoms with E-state index < -0.39 is 0 Å². The number of hydrogen-bond acceptors (Lipinski definition) is 6. The van der Waals surface area contributed by atoms with E-state index in [4.69, 9.17) is 4.74 Å². The van der Waals surface area contributed by atoms with Crippen LogP contribution in [0, 0.1) is 10.1 Å². The Bertz CT molecular complexity index is 1030. The summed E-state index contributed by atoms with van der Waals surface area (Å²) in [7, 11) is 0. The van der Waals surface area contributed by atoms with Crippen molar-refractivity contribution in [3.05, 3.63) is 86.6 Å².